The molecule has 1 aromatic heterocycles. The standard InChI is InChI=1S/C18H33N/c1-3-5-6-7-8-9-10-11-12-13-14-18-15-16-19(4-2)17-18/h15-17H,3-14H2,1-2H3. The fourth-order valence-electron chi connectivity index (χ4n) is 2.65. The molecule has 0 bridgehead atoms. The van der Waals surface area contributed by atoms with E-state index in [0.717, 1.165) is 6.54 Å². The maximum Gasteiger partial charge on any atom is 0.0191 e. The summed E-state index contributed by atoms with van der Waals surface area (Å²) in [5.74, 6) is 0. The topological polar surface area (TPSA) is 4.93 Å². The van der Waals surface area contributed by atoms with Crippen LogP contribution in [0.3, 0.4) is 0 Å². The number of unbranched alkanes of at least 4 members (excludes halogenated alkanes) is 9. The largest absolute Gasteiger partial charge is 0.354 e. The van der Waals surface area contributed by atoms with Gasteiger partial charge in [-0.25, -0.2) is 0 Å². The number of hydrogen-bond donors (Lipinski definition) is 0. The molecule has 0 unspecified atom stereocenters. The molecule has 0 aromatic carbocycles. The molecular formula is C18H33N. The van der Waals surface area contributed by atoms with Gasteiger partial charge in [0.25, 0.3) is 0 Å². The van der Waals surface area contributed by atoms with Gasteiger partial charge in [0.1, 0.15) is 0 Å². The van der Waals surface area contributed by atoms with Gasteiger partial charge in [-0.2, -0.15) is 0 Å². The van der Waals surface area contributed by atoms with Crippen LogP contribution in [0.1, 0.15) is 83.6 Å². The van der Waals surface area contributed by atoms with Crippen molar-refractivity contribution in [2.24, 2.45) is 0 Å². The molecule has 0 N–H and O–H groups in total. The predicted octanol–water partition coefficient (Wildman–Crippen LogP) is 5.97. The van der Waals surface area contributed by atoms with Crippen LogP contribution >= 0.6 is 0 Å². The highest BCUT2D eigenvalue weighted by molar-refractivity contribution is 5.10. The lowest BCUT2D eigenvalue weighted by Gasteiger charge is -2.02. The molecule has 0 fully saturated rings. The number of nitrogens with zero attached hydrogens (tertiary/aromatic N) is 1. The molecule has 1 heterocycles. The van der Waals surface area contributed by atoms with Gasteiger partial charge in [0.2, 0.25) is 0 Å². The van der Waals surface area contributed by atoms with Crippen molar-refractivity contribution in [3.63, 3.8) is 0 Å². The fourth-order valence-corrected chi connectivity index (χ4v) is 2.65. The Morgan fingerprint density at radius 1 is 0.789 bits per heavy atom. The van der Waals surface area contributed by atoms with Gasteiger partial charge < -0.3 is 4.57 Å². The Morgan fingerprint density at radius 2 is 1.37 bits per heavy atom. The first kappa shape index (κ1) is 16.3. The Bertz CT molecular complexity index is 300. The summed E-state index contributed by atoms with van der Waals surface area (Å²) in [5, 5.41) is 0. The molecule has 0 aliphatic heterocycles. The summed E-state index contributed by atoms with van der Waals surface area (Å²) >= 11 is 0. The number of hydrogen-bond acceptors (Lipinski definition) is 0. The lowest BCUT2D eigenvalue weighted by Crippen LogP contribution is -1.88. The van der Waals surface area contributed by atoms with Crippen LogP contribution < -0.4 is 0 Å². The van der Waals surface area contributed by atoms with Gasteiger partial charge in [-0.15, -0.1) is 0 Å². The third kappa shape index (κ3) is 8.13. The first-order valence-corrected chi connectivity index (χ1v) is 8.51. The summed E-state index contributed by atoms with van der Waals surface area (Å²) in [6, 6.07) is 2.28. The van der Waals surface area contributed by atoms with E-state index in [1.54, 1.807) is 0 Å². The second kappa shape index (κ2) is 11.1. The average molecular weight is 263 g/mol. The van der Waals surface area contributed by atoms with Crippen LogP contribution in [-0.2, 0) is 13.0 Å². The van der Waals surface area contributed by atoms with E-state index in [-0.39, 0.29) is 0 Å². The zero-order valence-corrected chi connectivity index (χ0v) is 13.2. The van der Waals surface area contributed by atoms with Crippen molar-refractivity contribution in [3.05, 3.63) is 24.0 Å². The van der Waals surface area contributed by atoms with E-state index in [1.807, 2.05) is 0 Å². The summed E-state index contributed by atoms with van der Waals surface area (Å²) < 4.78 is 2.27. The molecule has 110 valence electrons. The molecule has 0 saturated carbocycles. The van der Waals surface area contributed by atoms with E-state index in [2.05, 4.69) is 36.9 Å². The summed E-state index contributed by atoms with van der Waals surface area (Å²) in [6.07, 6.45) is 20.0. The van der Waals surface area contributed by atoms with Crippen molar-refractivity contribution in [2.45, 2.75) is 91.0 Å². The minimum absolute atomic E-state index is 1.10. The van der Waals surface area contributed by atoms with Crippen LogP contribution in [-0.4, -0.2) is 4.57 Å². The fraction of sp³-hybridized carbons (Fsp3) is 0.778. The highest BCUT2D eigenvalue weighted by atomic mass is 14.9. The quantitative estimate of drug-likeness (QED) is 0.409. The Labute approximate surface area is 120 Å². The second-order valence-corrected chi connectivity index (χ2v) is 5.78. The normalized spacial score (nSPS) is 11.1. The van der Waals surface area contributed by atoms with E-state index in [0.29, 0.717) is 0 Å². The molecule has 1 rings (SSSR count). The van der Waals surface area contributed by atoms with Crippen molar-refractivity contribution in [3.8, 4) is 0 Å². The highest BCUT2D eigenvalue weighted by Gasteiger charge is 1.96. The average Bonchev–Trinajstić information content (AvgIpc) is 2.89. The van der Waals surface area contributed by atoms with Crippen LogP contribution in [0.25, 0.3) is 0 Å². The molecule has 0 radical (unpaired) electrons. The van der Waals surface area contributed by atoms with E-state index in [4.69, 9.17) is 0 Å². The van der Waals surface area contributed by atoms with E-state index in [1.165, 1.54) is 76.2 Å². The summed E-state index contributed by atoms with van der Waals surface area (Å²) in [7, 11) is 0. The van der Waals surface area contributed by atoms with Gasteiger partial charge in [-0.05, 0) is 31.4 Å². The minimum atomic E-state index is 1.10. The predicted molar refractivity (Wildman–Crippen MR) is 85.7 cm³/mol. The highest BCUT2D eigenvalue weighted by Crippen LogP contribution is 2.12. The molecule has 19 heavy (non-hydrogen) atoms. The van der Waals surface area contributed by atoms with Gasteiger partial charge in [-0.3, -0.25) is 0 Å². The molecule has 1 heteroatoms. The molecular weight excluding hydrogens is 230 g/mol. The van der Waals surface area contributed by atoms with Crippen LogP contribution in [0, 0.1) is 0 Å². The maximum atomic E-state index is 2.30. The third-order valence-electron chi connectivity index (χ3n) is 4.00. The van der Waals surface area contributed by atoms with Crippen molar-refractivity contribution in [1.82, 2.24) is 4.57 Å². The minimum Gasteiger partial charge on any atom is -0.354 e. The molecule has 0 spiro atoms. The summed E-state index contributed by atoms with van der Waals surface area (Å²) in [6.45, 7) is 5.58. The van der Waals surface area contributed by atoms with Crippen molar-refractivity contribution >= 4 is 0 Å². The lowest BCUT2D eigenvalue weighted by atomic mass is 10.0. The van der Waals surface area contributed by atoms with E-state index < -0.39 is 0 Å². The van der Waals surface area contributed by atoms with Crippen LogP contribution in [0.2, 0.25) is 0 Å². The molecule has 1 nitrogen and oxygen atoms in total. The van der Waals surface area contributed by atoms with Crippen LogP contribution in [0.5, 0.6) is 0 Å². The number of aromatic nitrogens is 1. The summed E-state index contributed by atoms with van der Waals surface area (Å²) in [5.41, 5.74) is 1.52. The smallest absolute Gasteiger partial charge is 0.0191 e. The van der Waals surface area contributed by atoms with Crippen molar-refractivity contribution < 1.29 is 0 Å². The zero-order valence-electron chi connectivity index (χ0n) is 13.2. The Kier molecular flexibility index (Phi) is 9.57. The molecule has 0 atom stereocenters. The molecule has 1 aromatic rings. The Hall–Kier alpha value is -0.720. The lowest BCUT2D eigenvalue weighted by molar-refractivity contribution is 0.556. The van der Waals surface area contributed by atoms with E-state index in [9.17, 15) is 0 Å². The van der Waals surface area contributed by atoms with Gasteiger partial charge in [0, 0.05) is 18.9 Å². The molecule has 0 amide bonds. The Balaban J connectivity index is 1.86. The monoisotopic (exact) mass is 263 g/mol. The number of rotatable bonds is 12. The van der Waals surface area contributed by atoms with Gasteiger partial charge in [-0.1, -0.05) is 64.7 Å². The third-order valence-corrected chi connectivity index (χ3v) is 4.00. The van der Waals surface area contributed by atoms with E-state index >= 15 is 0 Å². The van der Waals surface area contributed by atoms with Gasteiger partial charge in [0.05, 0.1) is 0 Å². The van der Waals surface area contributed by atoms with Crippen molar-refractivity contribution in [2.75, 3.05) is 0 Å². The number of aryl methyl sites for hydroxylation is 2. The molecule has 0 aliphatic carbocycles. The molecule has 0 saturated heterocycles. The van der Waals surface area contributed by atoms with Crippen LogP contribution in [0.15, 0.2) is 18.5 Å². The molecule has 0 aliphatic rings. The first-order chi connectivity index (χ1) is 9.36. The first-order valence-electron chi connectivity index (χ1n) is 8.51. The van der Waals surface area contributed by atoms with Crippen molar-refractivity contribution in [1.29, 1.82) is 0 Å². The van der Waals surface area contributed by atoms with Gasteiger partial charge in [0.15, 0.2) is 0 Å². The zero-order chi connectivity index (χ0) is 13.8. The SMILES string of the molecule is CCCCCCCCCCCCc1ccn(CC)c1. The summed E-state index contributed by atoms with van der Waals surface area (Å²) in [4.78, 5) is 0. The Morgan fingerprint density at radius 3 is 1.89 bits per heavy atom. The second-order valence-electron chi connectivity index (χ2n) is 5.78. The van der Waals surface area contributed by atoms with Gasteiger partial charge >= 0.3 is 0 Å². The van der Waals surface area contributed by atoms with Crippen LogP contribution in [0.4, 0.5) is 0 Å². The maximum absolute atomic E-state index is 2.30.